The van der Waals surface area contributed by atoms with Crippen molar-refractivity contribution in [2.45, 2.75) is 25.7 Å². The number of carbonyl (C=O) groups is 1. The minimum atomic E-state index is 0.148. The summed E-state index contributed by atoms with van der Waals surface area (Å²) in [7, 11) is 0. The van der Waals surface area contributed by atoms with Crippen molar-refractivity contribution in [3.63, 3.8) is 0 Å². The lowest BCUT2D eigenvalue weighted by Crippen LogP contribution is -2.38. The van der Waals surface area contributed by atoms with Crippen LogP contribution in [0.2, 0.25) is 0 Å². The maximum absolute atomic E-state index is 12.7. The number of aromatic amines is 1. The number of aromatic nitrogens is 3. The zero-order chi connectivity index (χ0) is 15.8. The van der Waals surface area contributed by atoms with E-state index in [4.69, 9.17) is 0 Å². The molecule has 4 rings (SSSR count). The molecule has 0 aliphatic carbocycles. The van der Waals surface area contributed by atoms with Crippen LogP contribution < -0.4 is 0 Å². The van der Waals surface area contributed by atoms with Gasteiger partial charge in [-0.05, 0) is 44.0 Å². The fourth-order valence-corrected chi connectivity index (χ4v) is 4.12. The molecule has 6 heteroatoms. The van der Waals surface area contributed by atoms with Gasteiger partial charge in [0.25, 0.3) is 5.91 Å². The molecule has 3 aromatic rings. The van der Waals surface area contributed by atoms with Crippen LogP contribution in [0.3, 0.4) is 0 Å². The molecule has 4 heterocycles. The number of amides is 1. The summed E-state index contributed by atoms with van der Waals surface area (Å²) in [5, 5.41) is 8.49. The van der Waals surface area contributed by atoms with Gasteiger partial charge in [-0.3, -0.25) is 9.89 Å². The number of carbonyl (C=O) groups excluding carboxylic acids is 1. The highest BCUT2D eigenvalue weighted by molar-refractivity contribution is 7.13. The minimum absolute atomic E-state index is 0.148. The molecule has 0 saturated carbocycles. The second-order valence-corrected chi connectivity index (χ2v) is 7.30. The van der Waals surface area contributed by atoms with Crippen LogP contribution in [0.4, 0.5) is 0 Å². The molecule has 3 aromatic heterocycles. The van der Waals surface area contributed by atoms with Gasteiger partial charge < -0.3 is 4.90 Å². The summed E-state index contributed by atoms with van der Waals surface area (Å²) >= 11 is 1.57. The molecule has 23 heavy (non-hydrogen) atoms. The van der Waals surface area contributed by atoms with Crippen molar-refractivity contribution in [2.75, 3.05) is 13.1 Å². The van der Waals surface area contributed by atoms with Crippen LogP contribution in [0.25, 0.3) is 11.0 Å². The molecular formula is C17H18N4OS. The highest BCUT2D eigenvalue weighted by atomic mass is 32.1. The van der Waals surface area contributed by atoms with Gasteiger partial charge >= 0.3 is 0 Å². The van der Waals surface area contributed by atoms with E-state index in [1.54, 1.807) is 17.5 Å². The normalized spacial score (nSPS) is 18.5. The van der Waals surface area contributed by atoms with E-state index in [1.165, 1.54) is 4.88 Å². The van der Waals surface area contributed by atoms with Gasteiger partial charge in [0, 0.05) is 41.2 Å². The third kappa shape index (κ3) is 2.63. The number of aryl methyl sites for hydroxylation is 1. The first kappa shape index (κ1) is 14.4. The number of pyridine rings is 1. The highest BCUT2D eigenvalue weighted by Gasteiger charge is 2.28. The fraction of sp³-hybridized carbons (Fsp3) is 0.353. The Balaban J connectivity index is 1.58. The predicted octanol–water partition coefficient (Wildman–Crippen LogP) is 3.35. The Kier molecular flexibility index (Phi) is 3.61. The molecule has 0 aromatic carbocycles. The summed E-state index contributed by atoms with van der Waals surface area (Å²) in [6.07, 6.45) is 3.84. The quantitative estimate of drug-likeness (QED) is 0.785. The SMILES string of the molecule is Cc1ccc(C(=O)N2CCC[C@H](c3[nH]nc4ncccc34)C2)s1. The van der Waals surface area contributed by atoms with Crippen LogP contribution in [0, 0.1) is 6.92 Å². The van der Waals surface area contributed by atoms with Crippen molar-refractivity contribution >= 4 is 28.3 Å². The van der Waals surface area contributed by atoms with Crippen molar-refractivity contribution in [2.24, 2.45) is 0 Å². The van der Waals surface area contributed by atoms with Crippen LogP contribution in [-0.2, 0) is 0 Å². The largest absolute Gasteiger partial charge is 0.337 e. The molecule has 1 N–H and O–H groups in total. The summed E-state index contributed by atoms with van der Waals surface area (Å²) in [5.41, 5.74) is 1.85. The first-order chi connectivity index (χ1) is 11.2. The molecule has 0 radical (unpaired) electrons. The summed E-state index contributed by atoms with van der Waals surface area (Å²) in [4.78, 5) is 21.0. The van der Waals surface area contributed by atoms with Gasteiger partial charge in [-0.15, -0.1) is 11.3 Å². The molecule has 1 aliphatic heterocycles. The smallest absolute Gasteiger partial charge is 0.263 e. The first-order valence-corrected chi connectivity index (χ1v) is 8.69. The lowest BCUT2D eigenvalue weighted by atomic mass is 9.93. The topological polar surface area (TPSA) is 61.9 Å². The lowest BCUT2D eigenvalue weighted by molar-refractivity contribution is 0.0711. The lowest BCUT2D eigenvalue weighted by Gasteiger charge is -2.32. The summed E-state index contributed by atoms with van der Waals surface area (Å²) in [6, 6.07) is 7.92. The molecule has 1 atom stereocenters. The summed E-state index contributed by atoms with van der Waals surface area (Å²) in [5.74, 6) is 0.442. The number of hydrogen-bond donors (Lipinski definition) is 1. The van der Waals surface area contributed by atoms with E-state index in [0.717, 1.165) is 47.5 Å². The van der Waals surface area contributed by atoms with Gasteiger partial charge in [0.05, 0.1) is 4.88 Å². The van der Waals surface area contributed by atoms with Gasteiger partial charge in [0.1, 0.15) is 0 Å². The molecule has 0 unspecified atom stereocenters. The van der Waals surface area contributed by atoms with E-state index in [0.29, 0.717) is 5.92 Å². The molecule has 5 nitrogen and oxygen atoms in total. The van der Waals surface area contributed by atoms with E-state index in [-0.39, 0.29) is 5.91 Å². The maximum atomic E-state index is 12.7. The van der Waals surface area contributed by atoms with Crippen LogP contribution in [0.15, 0.2) is 30.5 Å². The van der Waals surface area contributed by atoms with Crippen molar-refractivity contribution in [1.82, 2.24) is 20.1 Å². The van der Waals surface area contributed by atoms with E-state index < -0.39 is 0 Å². The Morgan fingerprint density at radius 1 is 1.39 bits per heavy atom. The number of hydrogen-bond acceptors (Lipinski definition) is 4. The minimum Gasteiger partial charge on any atom is -0.337 e. The molecule has 0 spiro atoms. The average Bonchev–Trinajstić information content (AvgIpc) is 3.20. The molecule has 1 saturated heterocycles. The number of nitrogens with zero attached hydrogens (tertiary/aromatic N) is 3. The third-order valence-corrected chi connectivity index (χ3v) is 5.42. The van der Waals surface area contributed by atoms with E-state index in [1.807, 2.05) is 36.1 Å². The summed E-state index contributed by atoms with van der Waals surface area (Å²) < 4.78 is 0. The van der Waals surface area contributed by atoms with Gasteiger partial charge in [-0.2, -0.15) is 5.10 Å². The van der Waals surface area contributed by atoms with Crippen LogP contribution in [0.1, 0.15) is 39.0 Å². The predicted molar refractivity (Wildman–Crippen MR) is 90.8 cm³/mol. The van der Waals surface area contributed by atoms with Gasteiger partial charge in [-0.25, -0.2) is 4.98 Å². The zero-order valence-corrected chi connectivity index (χ0v) is 13.8. The van der Waals surface area contributed by atoms with Gasteiger partial charge in [0.2, 0.25) is 0 Å². The Morgan fingerprint density at radius 3 is 3.13 bits per heavy atom. The van der Waals surface area contributed by atoms with Crippen molar-refractivity contribution in [1.29, 1.82) is 0 Å². The Hall–Kier alpha value is -2.21. The average molecular weight is 326 g/mol. The standard InChI is InChI=1S/C17H18N4OS/c1-11-6-7-14(23-11)17(22)21-9-3-4-12(10-21)15-13-5-2-8-18-16(13)20-19-15/h2,5-8,12H,3-4,9-10H2,1H3,(H,18,19,20)/t12-/m0/s1. The second-order valence-electron chi connectivity index (χ2n) is 6.01. The molecule has 0 bridgehead atoms. The Bertz CT molecular complexity index is 853. The molecule has 118 valence electrons. The molecular weight excluding hydrogens is 308 g/mol. The number of H-pyrrole nitrogens is 1. The number of fused-ring (bicyclic) bond motifs is 1. The number of likely N-dealkylation sites (tertiary alicyclic amines) is 1. The molecule has 1 aliphatic rings. The number of piperidine rings is 1. The third-order valence-electron chi connectivity index (χ3n) is 4.43. The van der Waals surface area contributed by atoms with Crippen LogP contribution in [0.5, 0.6) is 0 Å². The molecule has 1 amide bonds. The van der Waals surface area contributed by atoms with Gasteiger partial charge in [0.15, 0.2) is 5.65 Å². The van der Waals surface area contributed by atoms with E-state index >= 15 is 0 Å². The van der Waals surface area contributed by atoms with Crippen molar-refractivity contribution in [3.8, 4) is 0 Å². The zero-order valence-electron chi connectivity index (χ0n) is 13.0. The molecule has 1 fully saturated rings. The fourth-order valence-electron chi connectivity index (χ4n) is 3.28. The Labute approximate surface area is 138 Å². The second kappa shape index (κ2) is 5.77. The maximum Gasteiger partial charge on any atom is 0.263 e. The monoisotopic (exact) mass is 326 g/mol. The number of thiophene rings is 1. The van der Waals surface area contributed by atoms with Crippen molar-refractivity contribution in [3.05, 3.63) is 45.9 Å². The highest BCUT2D eigenvalue weighted by Crippen LogP contribution is 2.31. The van der Waals surface area contributed by atoms with Crippen LogP contribution in [-0.4, -0.2) is 39.1 Å². The van der Waals surface area contributed by atoms with Gasteiger partial charge in [-0.1, -0.05) is 0 Å². The van der Waals surface area contributed by atoms with E-state index in [2.05, 4.69) is 15.2 Å². The summed E-state index contributed by atoms with van der Waals surface area (Å²) in [6.45, 7) is 3.60. The first-order valence-electron chi connectivity index (χ1n) is 7.87. The number of rotatable bonds is 2. The van der Waals surface area contributed by atoms with Crippen LogP contribution >= 0.6 is 11.3 Å². The van der Waals surface area contributed by atoms with Crippen molar-refractivity contribution < 1.29 is 4.79 Å². The van der Waals surface area contributed by atoms with E-state index in [9.17, 15) is 4.79 Å². The Morgan fingerprint density at radius 2 is 2.30 bits per heavy atom. The number of nitrogens with one attached hydrogen (secondary N) is 1.